The summed E-state index contributed by atoms with van der Waals surface area (Å²) in [5, 5.41) is 8.33. The minimum absolute atomic E-state index is 0.0172. The summed E-state index contributed by atoms with van der Waals surface area (Å²) in [6.07, 6.45) is 11.6. The molecule has 1 aromatic rings. The van der Waals surface area contributed by atoms with E-state index in [1.54, 1.807) is 0 Å². The average molecular weight is 220 g/mol. The van der Waals surface area contributed by atoms with Crippen LogP contribution in [0.5, 0.6) is 0 Å². The number of nitrogens with two attached hydrogens (primary N) is 1. The third-order valence-electron chi connectivity index (χ3n) is 4.22. The average Bonchev–Trinajstić information content (AvgIpc) is 2.83. The molecule has 4 heteroatoms. The normalized spacial score (nSPS) is 24.6. The maximum atomic E-state index is 6.28. The molecule has 0 spiro atoms. The van der Waals surface area contributed by atoms with Crippen LogP contribution >= 0.6 is 0 Å². The molecule has 0 unspecified atom stereocenters. The Hall–Kier alpha value is -0.900. The minimum Gasteiger partial charge on any atom is -0.325 e. The molecule has 2 fully saturated rings. The van der Waals surface area contributed by atoms with E-state index in [4.69, 9.17) is 5.73 Å². The third kappa shape index (κ3) is 1.75. The van der Waals surface area contributed by atoms with E-state index in [2.05, 4.69) is 14.8 Å². The van der Waals surface area contributed by atoms with Gasteiger partial charge < -0.3 is 10.3 Å². The Morgan fingerprint density at radius 3 is 2.69 bits per heavy atom. The van der Waals surface area contributed by atoms with E-state index >= 15 is 0 Å². The van der Waals surface area contributed by atoms with Crippen LogP contribution in [0.3, 0.4) is 0 Å². The molecular weight excluding hydrogens is 200 g/mol. The van der Waals surface area contributed by atoms with Crippen molar-refractivity contribution in [2.24, 2.45) is 5.73 Å². The predicted octanol–water partition coefficient (Wildman–Crippen LogP) is 1.82. The second-order valence-corrected chi connectivity index (χ2v) is 5.49. The second kappa shape index (κ2) is 3.84. The van der Waals surface area contributed by atoms with Crippen molar-refractivity contribution in [2.75, 3.05) is 0 Å². The Balaban J connectivity index is 1.76. The molecule has 0 amide bonds. The van der Waals surface area contributed by atoms with Gasteiger partial charge in [-0.05, 0) is 32.1 Å². The van der Waals surface area contributed by atoms with Crippen LogP contribution in [-0.2, 0) is 6.42 Å². The summed E-state index contributed by atoms with van der Waals surface area (Å²) in [6.45, 7) is 0. The summed E-state index contributed by atoms with van der Waals surface area (Å²) in [4.78, 5) is 0. The van der Waals surface area contributed by atoms with Crippen LogP contribution in [0, 0.1) is 0 Å². The van der Waals surface area contributed by atoms with Crippen molar-refractivity contribution in [3.05, 3.63) is 12.2 Å². The summed E-state index contributed by atoms with van der Waals surface area (Å²) in [7, 11) is 0. The molecule has 2 aliphatic rings. The van der Waals surface area contributed by atoms with Crippen LogP contribution in [0.2, 0.25) is 0 Å². The molecule has 0 atom stereocenters. The lowest BCUT2D eigenvalue weighted by Crippen LogP contribution is -2.49. The highest BCUT2D eigenvalue weighted by Gasteiger charge is 2.34. The highest BCUT2D eigenvalue weighted by atomic mass is 15.3. The maximum Gasteiger partial charge on any atom is 0.134 e. The highest BCUT2D eigenvalue weighted by molar-refractivity contribution is 5.03. The van der Waals surface area contributed by atoms with Gasteiger partial charge in [-0.1, -0.05) is 12.8 Å². The van der Waals surface area contributed by atoms with Crippen LogP contribution in [-0.4, -0.2) is 20.3 Å². The monoisotopic (exact) mass is 220 g/mol. The zero-order chi connectivity index (χ0) is 11.0. The summed E-state index contributed by atoms with van der Waals surface area (Å²) < 4.78 is 2.28. The summed E-state index contributed by atoms with van der Waals surface area (Å²) in [5.74, 6) is 1.11. The van der Waals surface area contributed by atoms with Gasteiger partial charge in [-0.3, -0.25) is 0 Å². The molecule has 16 heavy (non-hydrogen) atoms. The molecular formula is C12H20N4. The minimum atomic E-state index is 0.0172. The number of aromatic nitrogens is 3. The van der Waals surface area contributed by atoms with Gasteiger partial charge in [-0.15, -0.1) is 10.2 Å². The lowest BCUT2D eigenvalue weighted by Gasteiger charge is -2.38. The van der Waals surface area contributed by atoms with Crippen molar-refractivity contribution >= 4 is 0 Å². The van der Waals surface area contributed by atoms with Crippen LogP contribution in [0.4, 0.5) is 0 Å². The first kappa shape index (κ1) is 10.3. The van der Waals surface area contributed by atoms with E-state index in [1.807, 2.05) is 6.33 Å². The molecule has 0 aliphatic heterocycles. The third-order valence-corrected chi connectivity index (χ3v) is 4.22. The Kier molecular flexibility index (Phi) is 2.46. The molecule has 1 heterocycles. The molecule has 2 N–H and O–H groups in total. The van der Waals surface area contributed by atoms with Gasteiger partial charge in [0.2, 0.25) is 0 Å². The van der Waals surface area contributed by atoms with Gasteiger partial charge in [0.1, 0.15) is 12.2 Å². The zero-order valence-corrected chi connectivity index (χ0v) is 9.73. The van der Waals surface area contributed by atoms with E-state index in [-0.39, 0.29) is 5.54 Å². The SMILES string of the molecule is NC1(Cc2nncn2C2CCCC2)CCC1. The summed E-state index contributed by atoms with van der Waals surface area (Å²) >= 11 is 0. The second-order valence-electron chi connectivity index (χ2n) is 5.49. The number of hydrogen-bond donors (Lipinski definition) is 1. The van der Waals surface area contributed by atoms with Crippen molar-refractivity contribution < 1.29 is 0 Å². The molecule has 2 saturated carbocycles. The zero-order valence-electron chi connectivity index (χ0n) is 9.73. The van der Waals surface area contributed by atoms with E-state index in [9.17, 15) is 0 Å². The van der Waals surface area contributed by atoms with E-state index < -0.39 is 0 Å². The van der Waals surface area contributed by atoms with Gasteiger partial charge in [0.05, 0.1) is 0 Å². The molecule has 0 radical (unpaired) electrons. The van der Waals surface area contributed by atoms with E-state index in [0.717, 1.165) is 25.1 Å². The van der Waals surface area contributed by atoms with E-state index in [0.29, 0.717) is 6.04 Å². The Morgan fingerprint density at radius 1 is 1.31 bits per heavy atom. The molecule has 88 valence electrons. The standard InChI is InChI=1S/C12H20N4/c13-12(6-3-7-12)8-11-15-14-9-16(11)10-4-1-2-5-10/h9-10H,1-8,13H2. The van der Waals surface area contributed by atoms with Gasteiger partial charge in [0.15, 0.2) is 0 Å². The lowest BCUT2D eigenvalue weighted by atomic mass is 9.75. The van der Waals surface area contributed by atoms with Crippen molar-refractivity contribution in [3.63, 3.8) is 0 Å². The van der Waals surface area contributed by atoms with Gasteiger partial charge >= 0.3 is 0 Å². The molecule has 0 bridgehead atoms. The Bertz CT molecular complexity index is 361. The van der Waals surface area contributed by atoms with Crippen LogP contribution < -0.4 is 5.73 Å². The van der Waals surface area contributed by atoms with Crippen molar-refractivity contribution in [2.45, 2.75) is 62.9 Å². The lowest BCUT2D eigenvalue weighted by molar-refractivity contribution is 0.239. The molecule has 1 aromatic heterocycles. The fraction of sp³-hybridized carbons (Fsp3) is 0.833. The smallest absolute Gasteiger partial charge is 0.134 e. The molecule has 3 rings (SSSR count). The first-order valence-electron chi connectivity index (χ1n) is 6.44. The van der Waals surface area contributed by atoms with Crippen molar-refractivity contribution in [3.8, 4) is 0 Å². The Morgan fingerprint density at radius 2 is 2.06 bits per heavy atom. The quantitative estimate of drug-likeness (QED) is 0.845. The first-order valence-corrected chi connectivity index (χ1v) is 6.44. The molecule has 4 nitrogen and oxygen atoms in total. The van der Waals surface area contributed by atoms with Crippen LogP contribution in [0.1, 0.15) is 56.8 Å². The molecule has 2 aliphatic carbocycles. The summed E-state index contributed by atoms with van der Waals surface area (Å²) in [6, 6.07) is 0.633. The number of hydrogen-bond acceptors (Lipinski definition) is 3. The van der Waals surface area contributed by atoms with Crippen molar-refractivity contribution in [1.82, 2.24) is 14.8 Å². The Labute approximate surface area is 96.2 Å². The van der Waals surface area contributed by atoms with Crippen LogP contribution in [0.25, 0.3) is 0 Å². The van der Waals surface area contributed by atoms with Gasteiger partial charge in [-0.25, -0.2) is 0 Å². The largest absolute Gasteiger partial charge is 0.325 e. The topological polar surface area (TPSA) is 56.7 Å². The summed E-state index contributed by atoms with van der Waals surface area (Å²) in [5.41, 5.74) is 6.30. The van der Waals surface area contributed by atoms with Gasteiger partial charge in [-0.2, -0.15) is 0 Å². The predicted molar refractivity (Wildman–Crippen MR) is 62.0 cm³/mol. The fourth-order valence-corrected chi connectivity index (χ4v) is 3.00. The molecule has 0 saturated heterocycles. The van der Waals surface area contributed by atoms with Gasteiger partial charge in [0, 0.05) is 18.0 Å². The first-order chi connectivity index (χ1) is 7.77. The highest BCUT2D eigenvalue weighted by Crippen LogP contribution is 2.34. The maximum absolute atomic E-state index is 6.28. The van der Waals surface area contributed by atoms with Gasteiger partial charge in [0.25, 0.3) is 0 Å². The van der Waals surface area contributed by atoms with Crippen LogP contribution in [0.15, 0.2) is 6.33 Å². The fourth-order valence-electron chi connectivity index (χ4n) is 3.00. The van der Waals surface area contributed by atoms with E-state index in [1.165, 1.54) is 32.1 Å². The number of rotatable bonds is 3. The number of nitrogens with zero attached hydrogens (tertiary/aromatic N) is 3. The molecule has 0 aromatic carbocycles. The van der Waals surface area contributed by atoms with Crippen molar-refractivity contribution in [1.29, 1.82) is 0 Å².